The Labute approximate surface area is 381 Å². The van der Waals surface area contributed by atoms with Crippen molar-refractivity contribution in [1.29, 1.82) is 0 Å². The Kier molecular flexibility index (Phi) is 13.9. The molecule has 0 saturated heterocycles. The summed E-state index contributed by atoms with van der Waals surface area (Å²) in [5, 5.41) is 2.04. The first-order chi connectivity index (χ1) is 26.3. The second-order valence-corrected chi connectivity index (χ2v) is 66.5. The molecule has 8 heteroatoms. The molecule has 0 fully saturated rings. The van der Waals surface area contributed by atoms with Crippen LogP contribution in [0.5, 0.6) is 0 Å². The van der Waals surface area contributed by atoms with Crippen molar-refractivity contribution in [2.45, 2.75) is 154 Å². The summed E-state index contributed by atoms with van der Waals surface area (Å²) in [4.78, 5) is 0. The minimum absolute atomic E-state index is 0.666. The molecule has 0 aromatic heterocycles. The number of hydrogen-bond acceptors (Lipinski definition) is 0. The van der Waals surface area contributed by atoms with E-state index in [-0.39, 0.29) is 0 Å². The van der Waals surface area contributed by atoms with Crippen molar-refractivity contribution in [3.8, 4) is 11.1 Å². The molecule has 4 aromatic rings. The van der Waals surface area contributed by atoms with Gasteiger partial charge in [0.1, 0.15) is 0 Å². The molecule has 5 rings (SSSR count). The van der Waals surface area contributed by atoms with Crippen LogP contribution in [-0.2, 0) is 0 Å². The molecule has 0 N–H and O–H groups in total. The molecular formula is C50H78GeSi6Te. The predicted molar refractivity (Wildman–Crippen MR) is 284 cm³/mol. The van der Waals surface area contributed by atoms with E-state index in [0.717, 1.165) is 0 Å². The summed E-state index contributed by atoms with van der Waals surface area (Å²) in [7, 11) is -10.1. The third-order valence-electron chi connectivity index (χ3n) is 13.0. The van der Waals surface area contributed by atoms with Gasteiger partial charge in [-0.15, -0.1) is 0 Å². The van der Waals surface area contributed by atoms with Crippen LogP contribution in [-0.4, -0.2) is 85.1 Å². The molecule has 2 radical (unpaired) electrons. The summed E-state index contributed by atoms with van der Waals surface area (Å²) in [6, 6.07) is 30.0. The minimum atomic E-state index is -2.56. The summed E-state index contributed by atoms with van der Waals surface area (Å²) >= 11 is -0.0527. The SMILES string of the molecule is Cc1c[c]([Ge]([C]([Te])=C2c3ccccc3-c3ccccc32)[c]2c(C([Si](C)(C)C)[Si](C)(C)C)cc(C([Si](C)(C)C)[Si](C)(C)C)cc2C([Si](C)(C)C)[Si](C)(C)C)cc(C)c1C. The van der Waals surface area contributed by atoms with Crippen molar-refractivity contribution in [3.05, 3.63) is 120 Å². The van der Waals surface area contributed by atoms with Gasteiger partial charge in [-0.25, -0.2) is 0 Å². The van der Waals surface area contributed by atoms with Gasteiger partial charge in [-0.3, -0.25) is 0 Å². The van der Waals surface area contributed by atoms with Crippen LogP contribution in [0.2, 0.25) is 118 Å². The van der Waals surface area contributed by atoms with E-state index >= 15 is 0 Å². The molecule has 0 aliphatic heterocycles. The van der Waals surface area contributed by atoms with Gasteiger partial charge in [0.05, 0.1) is 0 Å². The number of fused-ring (bicyclic) bond motifs is 3. The van der Waals surface area contributed by atoms with Gasteiger partial charge in [0.2, 0.25) is 0 Å². The molecule has 0 bridgehead atoms. The fourth-order valence-corrected chi connectivity index (χ4v) is 62.0. The Bertz CT molecular complexity index is 2050. The molecule has 1 aliphatic carbocycles. The van der Waals surface area contributed by atoms with Gasteiger partial charge in [0, 0.05) is 0 Å². The first-order valence-electron chi connectivity index (χ1n) is 22.0. The third kappa shape index (κ3) is 9.73. The fraction of sp³-hybridized carbons (Fsp3) is 0.480. The third-order valence-corrected chi connectivity index (χ3v) is 50.0. The van der Waals surface area contributed by atoms with Gasteiger partial charge in [-0.2, -0.15) is 0 Å². The Morgan fingerprint density at radius 3 is 1.07 bits per heavy atom. The standard InChI is InChI=1S/C50H78GeSi6Te/c1-34-30-38(31-35(2)36(34)3)51(47(58)45-41-28-24-22-26-39(41)40-27-23-25-29-42(40)45)46-43(49(54(10,11)12)55(13,14)15)32-37(48(52(4,5)6)53(7,8)9)33-44(46)50(56(16,17)18)57(19,20)21/h22-33,48-50H,1-21H3. The van der Waals surface area contributed by atoms with E-state index in [2.05, 4.69) is 234 Å². The Hall–Kier alpha value is -0.746. The molecule has 0 spiro atoms. The van der Waals surface area contributed by atoms with E-state index in [1.807, 2.05) is 15.5 Å². The summed E-state index contributed by atoms with van der Waals surface area (Å²) in [6.07, 6.45) is 0. The molecule has 0 unspecified atom stereocenters. The van der Waals surface area contributed by atoms with Gasteiger partial charge in [-0.1, -0.05) is 0 Å². The number of hydrogen-bond donors (Lipinski definition) is 0. The fourth-order valence-electron chi connectivity index (χ4n) is 12.3. The van der Waals surface area contributed by atoms with E-state index in [1.165, 1.54) is 38.9 Å². The monoisotopic (exact) mass is 1050 g/mol. The van der Waals surface area contributed by atoms with E-state index in [0.29, 0.717) is 15.5 Å². The number of aryl methyl sites for hydroxylation is 2. The van der Waals surface area contributed by atoms with E-state index in [9.17, 15) is 0 Å². The van der Waals surface area contributed by atoms with Crippen LogP contribution >= 0.6 is 0 Å². The van der Waals surface area contributed by atoms with Crippen LogP contribution in [0, 0.1) is 20.8 Å². The van der Waals surface area contributed by atoms with Crippen LogP contribution in [0.3, 0.4) is 0 Å². The first-order valence-corrected chi connectivity index (χ1v) is 47.8. The van der Waals surface area contributed by atoms with Crippen molar-refractivity contribution in [2.24, 2.45) is 0 Å². The molecule has 1 aliphatic rings. The second-order valence-electron chi connectivity index (χ2n) is 24.5. The topological polar surface area (TPSA) is 0 Å². The van der Waals surface area contributed by atoms with E-state index in [1.54, 1.807) is 18.0 Å². The van der Waals surface area contributed by atoms with Gasteiger partial charge >= 0.3 is 384 Å². The normalized spacial score (nSPS) is 14.3. The van der Waals surface area contributed by atoms with Crippen molar-refractivity contribution < 1.29 is 0 Å². The average molecular weight is 1050 g/mol. The maximum atomic E-state index is 2.96. The van der Waals surface area contributed by atoms with Crippen LogP contribution in [0.1, 0.15) is 60.0 Å². The zero-order valence-electron chi connectivity index (χ0n) is 40.6. The zero-order valence-corrected chi connectivity index (χ0v) is 51.0. The number of rotatable bonds is 12. The maximum absolute atomic E-state index is 2.96. The molecular weight excluding hydrogens is 969 g/mol. The summed E-state index contributed by atoms with van der Waals surface area (Å²) in [5.41, 5.74) is 17.1. The number of benzene rings is 4. The quantitative estimate of drug-likeness (QED) is 0.109. The Morgan fingerprint density at radius 1 is 0.448 bits per heavy atom. The van der Waals surface area contributed by atoms with Crippen molar-refractivity contribution >= 4 is 99.5 Å². The molecule has 0 amide bonds. The van der Waals surface area contributed by atoms with Gasteiger partial charge in [0.15, 0.2) is 0 Å². The summed E-state index contributed by atoms with van der Waals surface area (Å²) < 4.78 is 5.25. The molecule has 4 aromatic carbocycles. The van der Waals surface area contributed by atoms with E-state index < -0.39 is 62.8 Å². The van der Waals surface area contributed by atoms with Crippen LogP contribution in [0.15, 0.2) is 75.2 Å². The van der Waals surface area contributed by atoms with Gasteiger partial charge in [0.25, 0.3) is 0 Å². The Morgan fingerprint density at radius 2 is 0.759 bits per heavy atom. The molecule has 312 valence electrons. The van der Waals surface area contributed by atoms with Gasteiger partial charge < -0.3 is 0 Å². The van der Waals surface area contributed by atoms with Crippen molar-refractivity contribution in [1.82, 2.24) is 0 Å². The second kappa shape index (κ2) is 16.8. The molecule has 0 heterocycles. The zero-order chi connectivity index (χ0) is 43.9. The van der Waals surface area contributed by atoms with Crippen LogP contribution in [0.4, 0.5) is 0 Å². The van der Waals surface area contributed by atoms with Crippen LogP contribution in [0.25, 0.3) is 16.7 Å². The van der Waals surface area contributed by atoms with Crippen LogP contribution < -0.4 is 8.79 Å². The van der Waals surface area contributed by atoms with Gasteiger partial charge in [-0.05, 0) is 0 Å². The summed E-state index contributed by atoms with van der Waals surface area (Å²) in [5.74, 6) is 0. The molecule has 0 saturated carbocycles. The van der Waals surface area contributed by atoms with Crippen molar-refractivity contribution in [2.75, 3.05) is 0 Å². The Balaban J connectivity index is 2.18. The average Bonchev–Trinajstić information content (AvgIpc) is 3.35. The van der Waals surface area contributed by atoms with Crippen molar-refractivity contribution in [3.63, 3.8) is 0 Å². The molecule has 0 atom stereocenters. The molecule has 58 heavy (non-hydrogen) atoms. The summed E-state index contributed by atoms with van der Waals surface area (Å²) in [6.45, 7) is 56.0. The predicted octanol–water partition coefficient (Wildman–Crippen LogP) is 13.9. The first kappa shape index (κ1) is 48.3. The molecule has 0 nitrogen and oxygen atoms in total. The van der Waals surface area contributed by atoms with E-state index in [4.69, 9.17) is 0 Å².